The topological polar surface area (TPSA) is 6.48 Å². The second-order valence-electron chi connectivity index (χ2n) is 7.85. The lowest BCUT2D eigenvalue weighted by Gasteiger charge is -2.31. The molecule has 2 nitrogen and oxygen atoms in total. The van der Waals surface area contributed by atoms with Crippen LogP contribution in [0.2, 0.25) is 0 Å². The summed E-state index contributed by atoms with van der Waals surface area (Å²) in [4.78, 5) is 4.34. The Morgan fingerprint density at radius 2 is 1.04 bits per heavy atom. The smallest absolute Gasteiger partial charge is 0.0361 e. The zero-order chi connectivity index (χ0) is 17.8. The maximum Gasteiger partial charge on any atom is 0.0361 e. The molecule has 0 heterocycles. The molecule has 2 heteroatoms. The molecule has 3 rings (SSSR count). The zero-order valence-electron chi connectivity index (χ0n) is 16.2. The first-order valence-corrected chi connectivity index (χ1v) is 9.61. The number of benzene rings is 2. The van der Waals surface area contributed by atoms with Gasteiger partial charge in [-0.05, 0) is 54.2 Å². The second kappa shape index (κ2) is 7.95. The average molecular weight is 337 g/mol. The van der Waals surface area contributed by atoms with E-state index >= 15 is 0 Å². The Labute approximate surface area is 153 Å². The number of hydrogen-bond acceptors (Lipinski definition) is 2. The molecular weight excluding hydrogens is 304 g/mol. The van der Waals surface area contributed by atoms with Gasteiger partial charge in [0.15, 0.2) is 0 Å². The van der Waals surface area contributed by atoms with Gasteiger partial charge in [0.1, 0.15) is 0 Å². The highest BCUT2D eigenvalue weighted by molar-refractivity contribution is 5.50. The molecule has 0 atom stereocenters. The first kappa shape index (κ1) is 17.8. The summed E-state index contributed by atoms with van der Waals surface area (Å²) >= 11 is 0. The van der Waals surface area contributed by atoms with Crippen molar-refractivity contribution in [2.75, 3.05) is 38.0 Å². The van der Waals surface area contributed by atoms with E-state index in [1.807, 2.05) is 0 Å². The van der Waals surface area contributed by atoms with Gasteiger partial charge in [-0.2, -0.15) is 0 Å². The molecule has 0 aliphatic heterocycles. The van der Waals surface area contributed by atoms with Gasteiger partial charge in [-0.15, -0.1) is 0 Å². The summed E-state index contributed by atoms with van der Waals surface area (Å²) in [5.41, 5.74) is 5.48. The van der Waals surface area contributed by atoms with Crippen molar-refractivity contribution in [3.05, 3.63) is 59.7 Å². The van der Waals surface area contributed by atoms with Crippen LogP contribution in [0.25, 0.3) is 0 Å². The van der Waals surface area contributed by atoms with Crippen molar-refractivity contribution in [2.24, 2.45) is 5.92 Å². The summed E-state index contributed by atoms with van der Waals surface area (Å²) in [5.74, 6) is 1.29. The second-order valence-corrected chi connectivity index (χ2v) is 7.85. The van der Waals surface area contributed by atoms with Gasteiger partial charge in [0.2, 0.25) is 0 Å². The van der Waals surface area contributed by atoms with Gasteiger partial charge in [-0.25, -0.2) is 0 Å². The molecule has 25 heavy (non-hydrogen) atoms. The fourth-order valence-corrected chi connectivity index (χ4v) is 4.16. The molecular formula is C23H32N2. The summed E-state index contributed by atoms with van der Waals surface area (Å²) in [7, 11) is 8.42. The standard InChI is InChI=1S/C23H32N2/c1-24(2)21-14-10-19(11-15-21)23(18-8-6-5-7-9-18)20-12-16-22(17-13-20)25(3)4/h10-18,23H,5-9H2,1-4H3. The molecule has 1 fully saturated rings. The maximum atomic E-state index is 2.34. The van der Waals surface area contributed by atoms with Crippen molar-refractivity contribution in [3.8, 4) is 0 Å². The third-order valence-corrected chi connectivity index (χ3v) is 5.66. The van der Waals surface area contributed by atoms with E-state index < -0.39 is 0 Å². The van der Waals surface area contributed by atoms with Gasteiger partial charge in [0, 0.05) is 45.5 Å². The molecule has 0 amide bonds. The fourth-order valence-electron chi connectivity index (χ4n) is 4.16. The maximum absolute atomic E-state index is 2.34. The fraction of sp³-hybridized carbons (Fsp3) is 0.478. The lowest BCUT2D eigenvalue weighted by atomic mass is 9.73. The van der Waals surface area contributed by atoms with E-state index in [4.69, 9.17) is 0 Å². The first-order chi connectivity index (χ1) is 12.1. The van der Waals surface area contributed by atoms with E-state index in [9.17, 15) is 0 Å². The van der Waals surface area contributed by atoms with Crippen LogP contribution in [0.5, 0.6) is 0 Å². The number of anilines is 2. The van der Waals surface area contributed by atoms with Crippen molar-refractivity contribution >= 4 is 11.4 Å². The van der Waals surface area contributed by atoms with Crippen molar-refractivity contribution in [1.29, 1.82) is 0 Å². The highest BCUT2D eigenvalue weighted by atomic mass is 15.1. The van der Waals surface area contributed by atoms with Crippen molar-refractivity contribution < 1.29 is 0 Å². The minimum Gasteiger partial charge on any atom is -0.378 e. The highest BCUT2D eigenvalue weighted by Gasteiger charge is 2.26. The molecule has 0 bridgehead atoms. The SMILES string of the molecule is CN(C)c1ccc(C(c2ccc(N(C)C)cc2)C2CCCCC2)cc1. The molecule has 1 aliphatic carbocycles. The van der Waals surface area contributed by atoms with Crippen LogP contribution in [0.1, 0.15) is 49.1 Å². The first-order valence-electron chi connectivity index (χ1n) is 9.61. The van der Waals surface area contributed by atoms with Gasteiger partial charge >= 0.3 is 0 Å². The third-order valence-electron chi connectivity index (χ3n) is 5.66. The van der Waals surface area contributed by atoms with E-state index in [0.717, 1.165) is 5.92 Å². The quantitative estimate of drug-likeness (QED) is 0.708. The molecule has 2 aromatic rings. The zero-order valence-corrected chi connectivity index (χ0v) is 16.2. The Kier molecular flexibility index (Phi) is 5.67. The van der Waals surface area contributed by atoms with Crippen LogP contribution >= 0.6 is 0 Å². The molecule has 2 aromatic carbocycles. The van der Waals surface area contributed by atoms with Crippen LogP contribution in [-0.4, -0.2) is 28.2 Å². The lowest BCUT2D eigenvalue weighted by Crippen LogP contribution is -2.18. The van der Waals surface area contributed by atoms with E-state index in [1.54, 1.807) is 0 Å². The van der Waals surface area contributed by atoms with Crippen LogP contribution in [0.3, 0.4) is 0 Å². The number of rotatable bonds is 5. The van der Waals surface area contributed by atoms with Crippen molar-refractivity contribution in [3.63, 3.8) is 0 Å². The largest absolute Gasteiger partial charge is 0.378 e. The molecule has 0 saturated heterocycles. The normalized spacial score (nSPS) is 15.4. The third kappa shape index (κ3) is 4.18. The van der Waals surface area contributed by atoms with Crippen LogP contribution in [0.15, 0.2) is 48.5 Å². The van der Waals surface area contributed by atoms with Crippen LogP contribution in [0, 0.1) is 5.92 Å². The van der Waals surface area contributed by atoms with Gasteiger partial charge in [0.05, 0.1) is 0 Å². The summed E-state index contributed by atoms with van der Waals surface area (Å²) < 4.78 is 0. The summed E-state index contributed by atoms with van der Waals surface area (Å²) in [5, 5.41) is 0. The molecule has 0 radical (unpaired) electrons. The molecule has 0 aromatic heterocycles. The minimum absolute atomic E-state index is 0.521. The Morgan fingerprint density at radius 3 is 1.40 bits per heavy atom. The van der Waals surface area contributed by atoms with E-state index in [-0.39, 0.29) is 0 Å². The Bertz CT molecular complexity index is 598. The molecule has 1 saturated carbocycles. The molecule has 0 spiro atoms. The summed E-state index contributed by atoms with van der Waals surface area (Å²) in [6.07, 6.45) is 6.88. The van der Waals surface area contributed by atoms with Crippen LogP contribution < -0.4 is 9.80 Å². The van der Waals surface area contributed by atoms with Gasteiger partial charge in [-0.1, -0.05) is 43.5 Å². The predicted molar refractivity (Wildman–Crippen MR) is 110 cm³/mol. The molecule has 134 valence electrons. The van der Waals surface area contributed by atoms with Gasteiger partial charge < -0.3 is 9.80 Å². The summed E-state index contributed by atoms with van der Waals surface area (Å²) in [6, 6.07) is 18.4. The van der Waals surface area contributed by atoms with Gasteiger partial charge in [0.25, 0.3) is 0 Å². The van der Waals surface area contributed by atoms with Crippen LogP contribution in [0.4, 0.5) is 11.4 Å². The molecule has 0 unspecified atom stereocenters. The van der Waals surface area contributed by atoms with Gasteiger partial charge in [-0.3, -0.25) is 0 Å². The molecule has 0 N–H and O–H groups in total. The number of hydrogen-bond donors (Lipinski definition) is 0. The van der Waals surface area contributed by atoms with E-state index in [2.05, 4.69) is 86.5 Å². The Balaban J connectivity index is 1.94. The van der Waals surface area contributed by atoms with Crippen molar-refractivity contribution in [1.82, 2.24) is 0 Å². The Morgan fingerprint density at radius 1 is 0.640 bits per heavy atom. The average Bonchev–Trinajstić information content (AvgIpc) is 2.64. The van der Waals surface area contributed by atoms with Crippen molar-refractivity contribution in [2.45, 2.75) is 38.0 Å². The predicted octanol–water partition coefficient (Wildman–Crippen LogP) is 5.53. The Hall–Kier alpha value is -1.96. The van der Waals surface area contributed by atoms with Crippen LogP contribution in [-0.2, 0) is 0 Å². The molecule has 1 aliphatic rings. The lowest BCUT2D eigenvalue weighted by molar-refractivity contribution is 0.327. The van der Waals surface area contributed by atoms with E-state index in [1.165, 1.54) is 54.6 Å². The monoisotopic (exact) mass is 336 g/mol. The highest BCUT2D eigenvalue weighted by Crippen LogP contribution is 2.41. The number of nitrogens with zero attached hydrogens (tertiary/aromatic N) is 2. The minimum atomic E-state index is 0.521. The van der Waals surface area contributed by atoms with E-state index in [0.29, 0.717) is 5.92 Å². The summed E-state index contributed by atoms with van der Waals surface area (Å²) in [6.45, 7) is 0.